The van der Waals surface area contributed by atoms with E-state index in [0.29, 0.717) is 0 Å². The Morgan fingerprint density at radius 3 is 1.88 bits per heavy atom. The Morgan fingerprint density at radius 2 is 1.30 bits per heavy atom. The first kappa shape index (κ1) is 25.6. The molecule has 0 aromatic carbocycles. The number of aryl methyl sites for hydroxylation is 1. The molecule has 5 rings (SSSR count). The molecule has 0 aliphatic heterocycles. The first-order valence-corrected chi connectivity index (χ1v) is 12.8. The summed E-state index contributed by atoms with van der Waals surface area (Å²) in [6, 6.07) is 14.7. The van der Waals surface area contributed by atoms with Gasteiger partial charge in [-0.05, 0) is 46.6 Å². The van der Waals surface area contributed by atoms with E-state index >= 15 is 0 Å². The van der Waals surface area contributed by atoms with Crippen molar-refractivity contribution >= 4 is 0 Å². The van der Waals surface area contributed by atoms with Crippen molar-refractivity contribution < 1.29 is 26.2 Å². The van der Waals surface area contributed by atoms with Crippen LogP contribution in [0.1, 0.15) is 77.0 Å². The number of pyridine rings is 3. The van der Waals surface area contributed by atoms with Crippen LogP contribution in [-0.4, -0.2) is 4.98 Å². The molecule has 0 amide bonds. The predicted octanol–water partition coefficient (Wildman–Crippen LogP) is 6.62. The van der Waals surface area contributed by atoms with Gasteiger partial charge in [-0.15, -0.1) is 0 Å². The van der Waals surface area contributed by atoms with Crippen molar-refractivity contribution in [2.45, 2.75) is 83.6 Å². The largest absolute Gasteiger partial charge is 0.327 e. The summed E-state index contributed by atoms with van der Waals surface area (Å²) in [5.41, 5.74) is 2.49. The Bertz CT molecular complexity index is 892. The van der Waals surface area contributed by atoms with Crippen molar-refractivity contribution in [3.05, 3.63) is 73.4 Å². The SMILES string of the molecule is C1CCCC1.[Fe].c1ccc(-[n+]2ccc(-c3cc[n+](CCCCC4CCCC4)cc3)cc2)nc1. The fourth-order valence-corrected chi connectivity index (χ4v) is 4.99. The molecule has 2 aliphatic carbocycles. The molecular formula is C29H39FeN3+2. The normalized spacial score (nSPS) is 15.5. The van der Waals surface area contributed by atoms with E-state index in [1.54, 1.807) is 0 Å². The first-order valence-electron chi connectivity index (χ1n) is 12.8. The van der Waals surface area contributed by atoms with Gasteiger partial charge in [0, 0.05) is 41.7 Å². The fraction of sp³-hybridized carbons (Fsp3) is 0.483. The molecule has 2 aliphatic rings. The van der Waals surface area contributed by atoms with Gasteiger partial charge in [0.15, 0.2) is 12.4 Å². The van der Waals surface area contributed by atoms with Crippen LogP contribution in [0, 0.1) is 5.92 Å². The third-order valence-electron chi connectivity index (χ3n) is 6.97. The van der Waals surface area contributed by atoms with Crippen LogP contribution in [-0.2, 0) is 23.6 Å². The summed E-state index contributed by atoms with van der Waals surface area (Å²) in [6.07, 6.45) is 27.8. The van der Waals surface area contributed by atoms with Crippen molar-refractivity contribution in [1.82, 2.24) is 4.98 Å². The summed E-state index contributed by atoms with van der Waals surface area (Å²) in [6.45, 7) is 1.13. The van der Waals surface area contributed by atoms with E-state index < -0.39 is 0 Å². The second-order valence-electron chi connectivity index (χ2n) is 9.42. The summed E-state index contributed by atoms with van der Waals surface area (Å²) in [4.78, 5) is 4.38. The monoisotopic (exact) mass is 485 g/mol. The van der Waals surface area contributed by atoms with Gasteiger partial charge in [-0.1, -0.05) is 70.3 Å². The topological polar surface area (TPSA) is 20.6 Å². The van der Waals surface area contributed by atoms with E-state index in [9.17, 15) is 0 Å². The number of hydrogen-bond acceptors (Lipinski definition) is 1. The molecule has 4 heteroatoms. The average Bonchev–Trinajstić information content (AvgIpc) is 3.61. The third-order valence-corrected chi connectivity index (χ3v) is 6.97. The Labute approximate surface area is 210 Å². The molecule has 0 radical (unpaired) electrons. The number of nitrogens with zero attached hydrogens (tertiary/aromatic N) is 3. The van der Waals surface area contributed by atoms with Crippen LogP contribution in [0.3, 0.4) is 0 Å². The van der Waals surface area contributed by atoms with Crippen LogP contribution in [0.15, 0.2) is 73.4 Å². The molecule has 3 aromatic rings. The quantitative estimate of drug-likeness (QED) is 0.209. The van der Waals surface area contributed by atoms with E-state index in [4.69, 9.17) is 0 Å². The van der Waals surface area contributed by atoms with E-state index in [0.717, 1.165) is 18.3 Å². The molecule has 3 aromatic heterocycles. The smallest absolute Gasteiger partial charge is 0.205 e. The molecule has 3 nitrogen and oxygen atoms in total. The molecular weight excluding hydrogens is 446 g/mol. The van der Waals surface area contributed by atoms with Crippen LogP contribution in [0.4, 0.5) is 0 Å². The predicted molar refractivity (Wildman–Crippen MR) is 130 cm³/mol. The third kappa shape index (κ3) is 8.36. The summed E-state index contributed by atoms with van der Waals surface area (Å²) >= 11 is 0. The number of hydrogen-bond donors (Lipinski definition) is 0. The minimum absolute atomic E-state index is 0. The van der Waals surface area contributed by atoms with E-state index in [1.165, 1.54) is 88.2 Å². The molecule has 2 saturated carbocycles. The molecule has 0 atom stereocenters. The molecule has 0 spiro atoms. The standard InChI is InChI=1S/C24H29N3.C5H10.Fe/c1-2-8-21(7-1)9-4-6-16-26-17-11-22(12-18-26)23-13-19-27(20-14-23)24-10-3-5-15-25-24;1-2-4-5-3-1;/h3,5,10-15,17-21H,1-2,4,6-9,16H2;1-5H2;/q+2;;. The van der Waals surface area contributed by atoms with Crippen LogP contribution >= 0.6 is 0 Å². The van der Waals surface area contributed by atoms with Gasteiger partial charge in [-0.3, -0.25) is 0 Å². The second-order valence-corrected chi connectivity index (χ2v) is 9.42. The summed E-state index contributed by atoms with van der Waals surface area (Å²) in [5.74, 6) is 1.96. The molecule has 3 heterocycles. The van der Waals surface area contributed by atoms with Crippen LogP contribution in [0.25, 0.3) is 16.9 Å². The van der Waals surface area contributed by atoms with Gasteiger partial charge in [-0.2, -0.15) is 0 Å². The summed E-state index contributed by atoms with van der Waals surface area (Å²) in [5, 5.41) is 0. The zero-order valence-corrected chi connectivity index (χ0v) is 21.0. The van der Waals surface area contributed by atoms with Gasteiger partial charge in [0.1, 0.15) is 12.7 Å². The van der Waals surface area contributed by atoms with Gasteiger partial charge >= 0.3 is 5.82 Å². The molecule has 0 bridgehead atoms. The zero-order chi connectivity index (χ0) is 21.8. The van der Waals surface area contributed by atoms with Crippen molar-refractivity contribution in [2.24, 2.45) is 5.92 Å². The van der Waals surface area contributed by atoms with Crippen molar-refractivity contribution in [1.29, 1.82) is 0 Å². The van der Waals surface area contributed by atoms with Crippen LogP contribution < -0.4 is 9.13 Å². The molecule has 0 unspecified atom stereocenters. The average molecular weight is 485 g/mol. The maximum Gasteiger partial charge on any atom is 0.327 e. The van der Waals surface area contributed by atoms with Crippen LogP contribution in [0.5, 0.6) is 0 Å². The van der Waals surface area contributed by atoms with E-state index in [-0.39, 0.29) is 17.1 Å². The summed E-state index contributed by atoms with van der Waals surface area (Å²) < 4.78 is 4.35. The van der Waals surface area contributed by atoms with Crippen molar-refractivity contribution in [2.75, 3.05) is 0 Å². The van der Waals surface area contributed by atoms with Gasteiger partial charge in [0.25, 0.3) is 0 Å². The summed E-state index contributed by atoms with van der Waals surface area (Å²) in [7, 11) is 0. The number of unbranched alkanes of at least 4 members (excludes halogenated alkanes) is 1. The Hall–Kier alpha value is -2.03. The minimum Gasteiger partial charge on any atom is -0.205 e. The molecule has 176 valence electrons. The maximum atomic E-state index is 4.38. The maximum absolute atomic E-state index is 4.38. The Kier molecular flexibility index (Phi) is 11.1. The van der Waals surface area contributed by atoms with E-state index in [1.807, 2.05) is 29.0 Å². The molecule has 33 heavy (non-hydrogen) atoms. The minimum atomic E-state index is 0. The molecule has 0 N–H and O–H groups in total. The number of rotatable bonds is 7. The molecule has 2 fully saturated rings. The van der Waals surface area contributed by atoms with Gasteiger partial charge in [0.05, 0.1) is 12.4 Å². The second kappa shape index (κ2) is 14.3. The zero-order valence-electron chi connectivity index (χ0n) is 19.9. The van der Waals surface area contributed by atoms with Gasteiger partial charge < -0.3 is 0 Å². The Balaban J connectivity index is 0.000000453. The van der Waals surface area contributed by atoms with Gasteiger partial charge in [0.2, 0.25) is 0 Å². The first-order chi connectivity index (χ1) is 15.9. The van der Waals surface area contributed by atoms with Gasteiger partial charge in [-0.25, -0.2) is 9.13 Å². The Morgan fingerprint density at radius 1 is 0.697 bits per heavy atom. The fourth-order valence-electron chi connectivity index (χ4n) is 4.99. The van der Waals surface area contributed by atoms with Crippen molar-refractivity contribution in [3.8, 4) is 16.9 Å². The van der Waals surface area contributed by atoms with E-state index in [2.05, 4.69) is 58.6 Å². The molecule has 0 saturated heterocycles. The van der Waals surface area contributed by atoms with Crippen LogP contribution in [0.2, 0.25) is 0 Å². The van der Waals surface area contributed by atoms with Crippen molar-refractivity contribution in [3.63, 3.8) is 0 Å². The number of aromatic nitrogens is 3.